The second-order valence-electron chi connectivity index (χ2n) is 5.09. The number of fused-ring (bicyclic) bond motifs is 1. The summed E-state index contributed by atoms with van der Waals surface area (Å²) in [4.78, 5) is 2.50. The number of nitrogens with zero attached hydrogens (tertiary/aromatic N) is 1. The lowest BCUT2D eigenvalue weighted by Crippen LogP contribution is -2.33. The van der Waals surface area contributed by atoms with Gasteiger partial charge in [0.1, 0.15) is 0 Å². The molecule has 0 bridgehead atoms. The summed E-state index contributed by atoms with van der Waals surface area (Å²) in [7, 11) is 0. The van der Waals surface area contributed by atoms with Gasteiger partial charge < -0.3 is 15.0 Å². The van der Waals surface area contributed by atoms with E-state index in [2.05, 4.69) is 48.3 Å². The highest BCUT2D eigenvalue weighted by Crippen LogP contribution is 2.31. The maximum atomic E-state index is 5.47. The molecule has 3 nitrogen and oxygen atoms in total. The summed E-state index contributed by atoms with van der Waals surface area (Å²) in [6.45, 7) is 10.3. The van der Waals surface area contributed by atoms with Crippen molar-refractivity contribution in [3.63, 3.8) is 0 Å². The highest BCUT2D eigenvalue weighted by atomic mass is 16.5. The van der Waals surface area contributed by atoms with Crippen LogP contribution in [0, 0.1) is 0 Å². The molecule has 1 N–H and O–H groups in total. The molecule has 1 unspecified atom stereocenters. The van der Waals surface area contributed by atoms with Gasteiger partial charge in [0, 0.05) is 37.8 Å². The first-order valence-corrected chi connectivity index (χ1v) is 7.48. The number of hydrogen-bond donors (Lipinski definition) is 1. The summed E-state index contributed by atoms with van der Waals surface area (Å²) in [6.07, 6.45) is 1.22. The fraction of sp³-hybridized carbons (Fsp3) is 0.625. The maximum absolute atomic E-state index is 5.47. The summed E-state index contributed by atoms with van der Waals surface area (Å²) in [6, 6.07) is 8.72. The third kappa shape index (κ3) is 3.95. The van der Waals surface area contributed by atoms with Crippen molar-refractivity contribution in [2.24, 2.45) is 0 Å². The summed E-state index contributed by atoms with van der Waals surface area (Å²) in [5, 5.41) is 3.49. The number of anilines is 1. The molecule has 0 aromatic heterocycles. The topological polar surface area (TPSA) is 24.5 Å². The Kier molecular flexibility index (Phi) is 5.67. The van der Waals surface area contributed by atoms with Crippen LogP contribution in [0.4, 0.5) is 5.69 Å². The smallest absolute Gasteiger partial charge is 0.0593 e. The molecule has 1 aliphatic heterocycles. The molecule has 3 heteroatoms. The first-order chi connectivity index (χ1) is 9.35. The lowest BCUT2D eigenvalue weighted by Gasteiger charge is -2.31. The number of ether oxygens (including phenoxy) is 1. The van der Waals surface area contributed by atoms with Gasteiger partial charge in [-0.15, -0.1) is 0 Å². The number of nitrogens with one attached hydrogen (secondary N) is 1. The zero-order valence-electron chi connectivity index (χ0n) is 12.2. The molecule has 0 radical (unpaired) electrons. The van der Waals surface area contributed by atoms with E-state index in [1.165, 1.54) is 17.7 Å². The highest BCUT2D eigenvalue weighted by Gasteiger charge is 2.21. The van der Waals surface area contributed by atoms with Crippen LogP contribution in [0.15, 0.2) is 24.3 Å². The van der Waals surface area contributed by atoms with E-state index in [9.17, 15) is 0 Å². The molecule has 0 saturated heterocycles. The number of para-hydroxylation sites is 1. The van der Waals surface area contributed by atoms with Crippen molar-refractivity contribution >= 4 is 5.69 Å². The van der Waals surface area contributed by atoms with Crippen molar-refractivity contribution in [1.82, 2.24) is 4.90 Å². The minimum Gasteiger partial charge on any atom is -0.385 e. The van der Waals surface area contributed by atoms with Crippen molar-refractivity contribution in [2.75, 3.05) is 44.7 Å². The molecule has 1 aromatic carbocycles. The van der Waals surface area contributed by atoms with Gasteiger partial charge in [-0.05, 0) is 31.5 Å². The van der Waals surface area contributed by atoms with Crippen molar-refractivity contribution in [2.45, 2.75) is 26.2 Å². The normalized spacial score (nSPS) is 18.2. The second-order valence-corrected chi connectivity index (χ2v) is 5.09. The van der Waals surface area contributed by atoms with E-state index >= 15 is 0 Å². The molecule has 19 heavy (non-hydrogen) atoms. The van der Waals surface area contributed by atoms with Crippen LogP contribution in [0.3, 0.4) is 0 Å². The second kappa shape index (κ2) is 7.51. The molecule has 1 aliphatic rings. The van der Waals surface area contributed by atoms with Gasteiger partial charge in [-0.25, -0.2) is 0 Å². The molecule has 0 aliphatic carbocycles. The molecular formula is C16H26N2O. The van der Waals surface area contributed by atoms with E-state index in [4.69, 9.17) is 4.74 Å². The number of likely N-dealkylation sites (N-methyl/N-ethyl adjacent to an activating group) is 1. The van der Waals surface area contributed by atoms with Gasteiger partial charge in [-0.1, -0.05) is 25.1 Å². The first-order valence-electron chi connectivity index (χ1n) is 7.48. The van der Waals surface area contributed by atoms with Gasteiger partial charge in [-0.3, -0.25) is 0 Å². The van der Waals surface area contributed by atoms with Crippen molar-refractivity contribution in [3.8, 4) is 0 Å². The summed E-state index contributed by atoms with van der Waals surface area (Å²) < 4.78 is 5.47. The Hall–Kier alpha value is -1.06. The molecule has 106 valence electrons. The SMILES string of the molecule is CCOCCN(CC)CC1CCNc2ccccc21. The van der Waals surface area contributed by atoms with Crippen LogP contribution in [0.2, 0.25) is 0 Å². The maximum Gasteiger partial charge on any atom is 0.0593 e. The minimum atomic E-state index is 0.652. The predicted molar refractivity (Wildman–Crippen MR) is 80.9 cm³/mol. The molecular weight excluding hydrogens is 236 g/mol. The number of benzene rings is 1. The van der Waals surface area contributed by atoms with Crippen molar-refractivity contribution in [1.29, 1.82) is 0 Å². The Morgan fingerprint density at radius 1 is 1.32 bits per heavy atom. The summed E-state index contributed by atoms with van der Waals surface area (Å²) in [5.74, 6) is 0.652. The molecule has 0 saturated carbocycles. The van der Waals surface area contributed by atoms with Crippen LogP contribution in [0.5, 0.6) is 0 Å². The minimum absolute atomic E-state index is 0.652. The van der Waals surface area contributed by atoms with Gasteiger partial charge in [0.15, 0.2) is 0 Å². The average molecular weight is 262 g/mol. The quantitative estimate of drug-likeness (QED) is 0.765. The van der Waals surface area contributed by atoms with E-state index < -0.39 is 0 Å². The lowest BCUT2D eigenvalue weighted by molar-refractivity contribution is 0.112. The Bertz CT molecular complexity index is 381. The van der Waals surface area contributed by atoms with Crippen molar-refractivity contribution < 1.29 is 4.74 Å². The van der Waals surface area contributed by atoms with E-state index in [-0.39, 0.29) is 0 Å². The van der Waals surface area contributed by atoms with E-state index in [1.54, 1.807) is 0 Å². The largest absolute Gasteiger partial charge is 0.385 e. The third-order valence-electron chi connectivity index (χ3n) is 3.89. The lowest BCUT2D eigenvalue weighted by atomic mass is 9.90. The van der Waals surface area contributed by atoms with Crippen LogP contribution in [0.1, 0.15) is 31.7 Å². The fourth-order valence-corrected chi connectivity index (χ4v) is 2.77. The van der Waals surface area contributed by atoms with Gasteiger partial charge >= 0.3 is 0 Å². The summed E-state index contributed by atoms with van der Waals surface area (Å²) >= 11 is 0. The molecule has 2 rings (SSSR count). The standard InChI is InChI=1S/C16H26N2O/c1-3-18(11-12-19-4-2)13-14-9-10-17-16-8-6-5-7-15(14)16/h5-8,14,17H,3-4,9-13H2,1-2H3. The number of rotatable bonds is 7. The average Bonchev–Trinajstić information content (AvgIpc) is 2.46. The Balaban J connectivity index is 1.94. The van der Waals surface area contributed by atoms with Crippen LogP contribution in [0.25, 0.3) is 0 Å². The number of hydrogen-bond acceptors (Lipinski definition) is 3. The predicted octanol–water partition coefficient (Wildman–Crippen LogP) is 2.94. The zero-order chi connectivity index (χ0) is 13.5. The molecule has 1 atom stereocenters. The van der Waals surface area contributed by atoms with Crippen LogP contribution in [-0.2, 0) is 4.74 Å². The molecule has 0 amide bonds. The van der Waals surface area contributed by atoms with Crippen LogP contribution < -0.4 is 5.32 Å². The monoisotopic (exact) mass is 262 g/mol. The van der Waals surface area contributed by atoms with Gasteiger partial charge in [0.25, 0.3) is 0 Å². The van der Waals surface area contributed by atoms with Gasteiger partial charge in [-0.2, -0.15) is 0 Å². The fourth-order valence-electron chi connectivity index (χ4n) is 2.77. The van der Waals surface area contributed by atoms with Gasteiger partial charge in [0.05, 0.1) is 6.61 Å². The van der Waals surface area contributed by atoms with E-state index in [1.807, 2.05) is 0 Å². The van der Waals surface area contributed by atoms with E-state index in [0.29, 0.717) is 5.92 Å². The molecule has 1 aromatic rings. The molecule has 0 spiro atoms. The molecule has 0 fully saturated rings. The zero-order valence-corrected chi connectivity index (χ0v) is 12.2. The summed E-state index contributed by atoms with van der Waals surface area (Å²) in [5.41, 5.74) is 2.79. The van der Waals surface area contributed by atoms with Crippen LogP contribution in [-0.4, -0.2) is 44.3 Å². The Morgan fingerprint density at radius 3 is 2.95 bits per heavy atom. The third-order valence-corrected chi connectivity index (χ3v) is 3.89. The highest BCUT2D eigenvalue weighted by molar-refractivity contribution is 5.54. The van der Waals surface area contributed by atoms with E-state index in [0.717, 1.165) is 39.4 Å². The Morgan fingerprint density at radius 2 is 2.16 bits per heavy atom. The molecule has 1 heterocycles. The Labute approximate surface area is 116 Å². The first kappa shape index (κ1) is 14.4. The van der Waals surface area contributed by atoms with Crippen LogP contribution >= 0.6 is 0 Å². The van der Waals surface area contributed by atoms with Gasteiger partial charge in [0.2, 0.25) is 0 Å². The van der Waals surface area contributed by atoms with Crippen molar-refractivity contribution in [3.05, 3.63) is 29.8 Å².